The minimum atomic E-state index is -0.945. The molecule has 2 heterocycles. The molecule has 1 saturated carbocycles. The number of anilines is 2. The average Bonchev–Trinajstić information content (AvgIpc) is 3.21. The van der Waals surface area contributed by atoms with Gasteiger partial charge in [0.15, 0.2) is 0 Å². The molecule has 0 N–H and O–H groups in total. The van der Waals surface area contributed by atoms with Crippen LogP contribution < -0.4 is 9.80 Å². The Labute approximate surface area is 213 Å². The third-order valence-electron chi connectivity index (χ3n) is 8.07. The lowest BCUT2D eigenvalue weighted by molar-refractivity contribution is -0.146. The van der Waals surface area contributed by atoms with Gasteiger partial charge in [-0.25, -0.2) is 9.80 Å². The molecule has 0 aromatic heterocycles. The second kappa shape index (κ2) is 7.21. The summed E-state index contributed by atoms with van der Waals surface area (Å²) in [6, 6.07) is 14.2. The maximum atomic E-state index is 13.8. The smallest absolute Gasteiger partial charge is 0.238 e. The molecular weight excluding hydrogens is 564 g/mol. The van der Waals surface area contributed by atoms with Crippen molar-refractivity contribution in [2.45, 2.75) is 13.8 Å². The Bertz CT molecular complexity index is 1260. The van der Waals surface area contributed by atoms with Crippen molar-refractivity contribution in [3.63, 3.8) is 0 Å². The standard InChI is InChI=1S/C26H20Br2N2O4/c1-12-11-26(2)20-18(22(31)29(24(20)33)15-9-5-3-7-13(15)27)17(12)19-21(26)25(34)30(23(19)32)16-10-6-4-8-14(16)28/h3-11,17-21H,1-2H3/t17?,18-,19-,20-,21-,26?/m1/s1. The van der Waals surface area contributed by atoms with E-state index in [0.29, 0.717) is 20.3 Å². The Morgan fingerprint density at radius 2 is 1.09 bits per heavy atom. The molecule has 2 aliphatic heterocycles. The van der Waals surface area contributed by atoms with Crippen LogP contribution >= 0.6 is 31.9 Å². The Hall–Kier alpha value is -2.58. The number of amides is 4. The molecule has 5 aliphatic rings. The van der Waals surface area contributed by atoms with Crippen molar-refractivity contribution in [1.82, 2.24) is 0 Å². The van der Waals surface area contributed by atoms with Crippen LogP contribution in [0.4, 0.5) is 11.4 Å². The van der Waals surface area contributed by atoms with Gasteiger partial charge in [0.05, 0.1) is 35.0 Å². The Balaban J connectivity index is 1.50. The van der Waals surface area contributed by atoms with Crippen molar-refractivity contribution in [1.29, 1.82) is 0 Å². The Morgan fingerprint density at radius 1 is 0.676 bits per heavy atom. The number of nitrogens with zero attached hydrogens (tertiary/aromatic N) is 2. The van der Waals surface area contributed by atoms with E-state index in [1.807, 2.05) is 32.1 Å². The number of para-hydroxylation sites is 2. The number of allylic oxidation sites excluding steroid dienone is 2. The Morgan fingerprint density at radius 3 is 1.50 bits per heavy atom. The van der Waals surface area contributed by atoms with Crippen LogP contribution in [0.3, 0.4) is 0 Å². The van der Waals surface area contributed by atoms with E-state index in [1.54, 1.807) is 36.4 Å². The molecule has 6 nitrogen and oxygen atoms in total. The summed E-state index contributed by atoms with van der Waals surface area (Å²) in [5.74, 6) is -4.46. The quantitative estimate of drug-likeness (QED) is 0.379. The summed E-state index contributed by atoms with van der Waals surface area (Å²) in [5, 5.41) is 0. The predicted molar refractivity (Wildman–Crippen MR) is 133 cm³/mol. The van der Waals surface area contributed by atoms with Crippen LogP contribution in [0.2, 0.25) is 0 Å². The van der Waals surface area contributed by atoms with Crippen molar-refractivity contribution in [3.8, 4) is 0 Å². The molecule has 0 spiro atoms. The normalized spacial score (nSPS) is 34.0. The van der Waals surface area contributed by atoms with Crippen molar-refractivity contribution in [3.05, 3.63) is 69.1 Å². The summed E-state index contributed by atoms with van der Waals surface area (Å²) in [6.45, 7) is 3.78. The third-order valence-corrected chi connectivity index (χ3v) is 9.41. The van der Waals surface area contributed by atoms with Gasteiger partial charge in [-0.3, -0.25) is 19.2 Å². The van der Waals surface area contributed by atoms with E-state index in [1.165, 1.54) is 9.80 Å². The second-order valence-corrected chi connectivity index (χ2v) is 11.4. The lowest BCUT2D eigenvalue weighted by Crippen LogP contribution is -2.57. The van der Waals surface area contributed by atoms with Crippen molar-refractivity contribution in [2.24, 2.45) is 35.0 Å². The lowest BCUT2D eigenvalue weighted by Gasteiger charge is -2.53. The van der Waals surface area contributed by atoms with E-state index < -0.39 is 35.0 Å². The maximum absolute atomic E-state index is 13.8. The van der Waals surface area contributed by atoms with Gasteiger partial charge in [-0.2, -0.15) is 0 Å². The molecule has 3 aliphatic carbocycles. The highest BCUT2D eigenvalue weighted by molar-refractivity contribution is 9.11. The first kappa shape index (κ1) is 21.9. The molecule has 8 heteroatoms. The largest absolute Gasteiger partial charge is 0.274 e. The van der Waals surface area contributed by atoms with Gasteiger partial charge in [-0.1, -0.05) is 42.8 Å². The molecule has 4 atom stereocenters. The number of imide groups is 2. The molecular formula is C26H20Br2N2O4. The summed E-state index contributed by atoms with van der Waals surface area (Å²) in [5.41, 5.74) is 0.935. The summed E-state index contributed by atoms with van der Waals surface area (Å²) in [4.78, 5) is 57.8. The molecule has 2 aromatic rings. The fourth-order valence-electron chi connectivity index (χ4n) is 6.90. The number of hydrogen-bond acceptors (Lipinski definition) is 4. The second-order valence-electron chi connectivity index (χ2n) is 9.71. The van der Waals surface area contributed by atoms with Crippen LogP contribution in [-0.2, 0) is 19.2 Å². The molecule has 0 radical (unpaired) electrons. The van der Waals surface area contributed by atoms with Crippen LogP contribution in [-0.4, -0.2) is 23.6 Å². The number of carbonyl (C=O) groups excluding carboxylic acids is 4. The van der Waals surface area contributed by atoms with E-state index >= 15 is 0 Å². The zero-order valence-corrected chi connectivity index (χ0v) is 21.5. The van der Waals surface area contributed by atoms with E-state index in [9.17, 15) is 19.2 Å². The average molecular weight is 584 g/mol. The fraction of sp³-hybridized carbons (Fsp3) is 0.308. The molecule has 34 heavy (non-hydrogen) atoms. The molecule has 2 aromatic carbocycles. The van der Waals surface area contributed by atoms with Crippen LogP contribution in [0.15, 0.2) is 69.1 Å². The lowest BCUT2D eigenvalue weighted by atomic mass is 9.46. The summed E-state index contributed by atoms with van der Waals surface area (Å²) in [7, 11) is 0. The summed E-state index contributed by atoms with van der Waals surface area (Å²) < 4.78 is 1.29. The van der Waals surface area contributed by atoms with E-state index in [0.717, 1.165) is 5.57 Å². The highest BCUT2D eigenvalue weighted by Gasteiger charge is 2.74. The van der Waals surface area contributed by atoms with Gasteiger partial charge in [-0.05, 0) is 63.0 Å². The third kappa shape index (κ3) is 2.56. The van der Waals surface area contributed by atoms with Crippen LogP contribution in [0.1, 0.15) is 13.8 Å². The number of halogens is 2. The monoisotopic (exact) mass is 582 g/mol. The molecule has 7 rings (SSSR count). The first-order valence-corrected chi connectivity index (χ1v) is 12.7. The highest BCUT2D eigenvalue weighted by Crippen LogP contribution is 2.66. The van der Waals surface area contributed by atoms with E-state index in [2.05, 4.69) is 31.9 Å². The summed E-state index contributed by atoms with van der Waals surface area (Å²) >= 11 is 6.92. The van der Waals surface area contributed by atoms with Gasteiger partial charge in [0.1, 0.15) is 0 Å². The minimum Gasteiger partial charge on any atom is -0.274 e. The zero-order chi connectivity index (χ0) is 24.1. The maximum Gasteiger partial charge on any atom is 0.238 e. The van der Waals surface area contributed by atoms with Gasteiger partial charge in [0.25, 0.3) is 0 Å². The highest BCUT2D eigenvalue weighted by atomic mass is 79.9. The van der Waals surface area contributed by atoms with Gasteiger partial charge in [0, 0.05) is 20.3 Å². The van der Waals surface area contributed by atoms with Crippen LogP contribution in [0.5, 0.6) is 0 Å². The fourth-order valence-corrected chi connectivity index (χ4v) is 7.83. The van der Waals surface area contributed by atoms with Crippen molar-refractivity contribution in [2.75, 3.05) is 9.80 Å². The molecule has 0 unspecified atom stereocenters. The van der Waals surface area contributed by atoms with E-state index in [-0.39, 0.29) is 23.6 Å². The number of hydrogen-bond donors (Lipinski definition) is 0. The molecule has 2 bridgehead atoms. The Kier molecular flexibility index (Phi) is 4.65. The first-order valence-electron chi connectivity index (χ1n) is 11.1. The minimum absolute atomic E-state index is 0.302. The van der Waals surface area contributed by atoms with E-state index in [4.69, 9.17) is 0 Å². The van der Waals surface area contributed by atoms with Crippen molar-refractivity contribution < 1.29 is 19.2 Å². The van der Waals surface area contributed by atoms with Crippen LogP contribution in [0.25, 0.3) is 0 Å². The van der Waals surface area contributed by atoms with Gasteiger partial charge >= 0.3 is 0 Å². The SMILES string of the molecule is CC1=CC2(C)[C@H]3C(=O)N(c4ccccc4Br)C(=O)[C@@H]3C1[C@H]1C(=O)N(c3ccccc3Br)C(=O)[C@@H]12. The predicted octanol–water partition coefficient (Wildman–Crippen LogP) is 4.72. The van der Waals surface area contributed by atoms with Crippen molar-refractivity contribution >= 4 is 66.9 Å². The number of benzene rings is 2. The number of carbonyl (C=O) groups is 4. The summed E-state index contributed by atoms with van der Waals surface area (Å²) in [6.07, 6.45) is 1.98. The van der Waals surface area contributed by atoms with Gasteiger partial charge < -0.3 is 0 Å². The van der Waals surface area contributed by atoms with Gasteiger partial charge in [0.2, 0.25) is 23.6 Å². The van der Waals surface area contributed by atoms with Crippen LogP contribution in [0, 0.1) is 35.0 Å². The number of rotatable bonds is 2. The topological polar surface area (TPSA) is 74.8 Å². The zero-order valence-electron chi connectivity index (χ0n) is 18.4. The molecule has 172 valence electrons. The molecule has 3 fully saturated rings. The van der Waals surface area contributed by atoms with Gasteiger partial charge in [-0.15, -0.1) is 0 Å². The molecule has 4 amide bonds. The first-order chi connectivity index (χ1) is 16.2. The molecule has 2 saturated heterocycles.